The Balaban J connectivity index is 0.00000105. The Hall–Kier alpha value is -3.26. The number of pyridine rings is 1. The highest BCUT2D eigenvalue weighted by molar-refractivity contribution is 6.30. The molecular formula is C23H23ClN6O2. The summed E-state index contributed by atoms with van der Waals surface area (Å²) in [4.78, 5) is 27.9. The van der Waals surface area contributed by atoms with Crippen LogP contribution in [0.3, 0.4) is 0 Å². The smallest absolute Gasteiger partial charge is 0.263 e. The van der Waals surface area contributed by atoms with Crippen molar-refractivity contribution in [3.8, 4) is 0 Å². The summed E-state index contributed by atoms with van der Waals surface area (Å²) in [7, 11) is 0. The minimum Gasteiger partial charge on any atom is -0.371 e. The van der Waals surface area contributed by atoms with Gasteiger partial charge < -0.3 is 9.42 Å². The number of rotatable bonds is 4. The Bertz CT molecular complexity index is 1310. The Morgan fingerprint density at radius 1 is 1.12 bits per heavy atom. The van der Waals surface area contributed by atoms with Crippen molar-refractivity contribution in [2.75, 3.05) is 18.0 Å². The molecule has 2 fully saturated rings. The van der Waals surface area contributed by atoms with E-state index in [4.69, 9.17) is 16.1 Å². The average Bonchev–Trinajstić information content (AvgIpc) is 3.16. The van der Waals surface area contributed by atoms with E-state index >= 15 is 0 Å². The van der Waals surface area contributed by atoms with Crippen LogP contribution in [0.2, 0.25) is 5.02 Å². The number of halogens is 1. The maximum atomic E-state index is 12.6. The van der Waals surface area contributed by atoms with E-state index in [1.165, 1.54) is 10.9 Å². The fourth-order valence-corrected chi connectivity index (χ4v) is 4.70. The third-order valence-corrected chi connectivity index (χ3v) is 6.29. The van der Waals surface area contributed by atoms with Gasteiger partial charge in [0.25, 0.3) is 5.56 Å². The SMILES string of the molecule is CC.O=c1c2cccnc2ncn1Cc1nc(C2C3CN(c4cccc(Cl)c4)CC32)no1. The molecular weight excluding hydrogens is 428 g/mol. The van der Waals surface area contributed by atoms with Crippen LogP contribution in [0.5, 0.6) is 0 Å². The monoisotopic (exact) mass is 450 g/mol. The van der Waals surface area contributed by atoms with Gasteiger partial charge >= 0.3 is 0 Å². The van der Waals surface area contributed by atoms with Crippen molar-refractivity contribution < 1.29 is 4.52 Å². The molecule has 3 aromatic heterocycles. The summed E-state index contributed by atoms with van der Waals surface area (Å²) in [5, 5.41) is 5.41. The van der Waals surface area contributed by atoms with E-state index in [1.807, 2.05) is 32.0 Å². The number of benzene rings is 1. The van der Waals surface area contributed by atoms with Gasteiger partial charge in [-0.3, -0.25) is 9.36 Å². The predicted molar refractivity (Wildman–Crippen MR) is 122 cm³/mol. The van der Waals surface area contributed by atoms with Crippen LogP contribution in [0.25, 0.3) is 11.0 Å². The molecule has 0 radical (unpaired) electrons. The van der Waals surface area contributed by atoms with Crippen LogP contribution >= 0.6 is 11.6 Å². The maximum Gasteiger partial charge on any atom is 0.263 e. The molecule has 4 aromatic rings. The first-order valence-corrected chi connectivity index (χ1v) is 11.2. The largest absolute Gasteiger partial charge is 0.371 e. The van der Waals surface area contributed by atoms with Gasteiger partial charge in [-0.25, -0.2) is 9.97 Å². The third-order valence-electron chi connectivity index (χ3n) is 6.05. The highest BCUT2D eigenvalue weighted by atomic mass is 35.5. The van der Waals surface area contributed by atoms with E-state index in [-0.39, 0.29) is 12.1 Å². The fourth-order valence-electron chi connectivity index (χ4n) is 4.52. The van der Waals surface area contributed by atoms with Gasteiger partial charge in [-0.05, 0) is 42.2 Å². The number of fused-ring (bicyclic) bond motifs is 2. The molecule has 4 heterocycles. The van der Waals surface area contributed by atoms with Gasteiger partial charge in [0, 0.05) is 35.9 Å². The summed E-state index contributed by atoms with van der Waals surface area (Å²) in [6.07, 6.45) is 3.08. The first-order valence-electron chi connectivity index (χ1n) is 10.8. The maximum absolute atomic E-state index is 12.6. The highest BCUT2D eigenvalue weighted by Gasteiger charge is 2.58. The molecule has 2 atom stereocenters. The molecule has 1 aliphatic heterocycles. The van der Waals surface area contributed by atoms with E-state index in [9.17, 15) is 4.79 Å². The molecule has 9 heteroatoms. The molecule has 1 aromatic carbocycles. The zero-order chi connectivity index (χ0) is 22.2. The molecule has 2 unspecified atom stereocenters. The molecule has 1 aliphatic carbocycles. The Morgan fingerprint density at radius 2 is 1.94 bits per heavy atom. The molecule has 0 N–H and O–H groups in total. The van der Waals surface area contributed by atoms with Gasteiger partial charge in [-0.15, -0.1) is 0 Å². The minimum absolute atomic E-state index is 0.173. The number of nitrogens with zero attached hydrogens (tertiary/aromatic N) is 6. The quantitative estimate of drug-likeness (QED) is 0.467. The normalized spacial score (nSPS) is 21.2. The van der Waals surface area contributed by atoms with Crippen molar-refractivity contribution in [2.24, 2.45) is 11.8 Å². The summed E-state index contributed by atoms with van der Waals surface area (Å²) in [6.45, 7) is 6.11. The molecule has 2 aliphatic rings. The third kappa shape index (κ3) is 3.64. The first kappa shape index (κ1) is 20.6. The van der Waals surface area contributed by atoms with Crippen molar-refractivity contribution in [3.05, 3.63) is 76.0 Å². The van der Waals surface area contributed by atoms with E-state index in [1.54, 1.807) is 18.3 Å². The summed E-state index contributed by atoms with van der Waals surface area (Å²) in [5.74, 6) is 2.49. The first-order chi connectivity index (χ1) is 15.7. The van der Waals surface area contributed by atoms with Crippen LogP contribution < -0.4 is 10.5 Å². The molecule has 0 amide bonds. The standard InChI is InChI=1S/C21H17ClN6O2.C2H6/c22-12-3-1-4-13(7-12)27-8-15-16(9-27)18(15)20-25-17(30-26-20)10-28-11-24-19-14(21(28)29)5-2-6-23-19;1-2/h1-7,11,15-16,18H,8-10H2;1-2H3. The van der Waals surface area contributed by atoms with E-state index in [2.05, 4.69) is 31.1 Å². The van der Waals surface area contributed by atoms with Gasteiger partial charge in [0.15, 0.2) is 11.5 Å². The van der Waals surface area contributed by atoms with Gasteiger partial charge in [0.05, 0.1) is 5.39 Å². The molecule has 0 spiro atoms. The molecule has 1 saturated heterocycles. The number of hydrogen-bond donors (Lipinski definition) is 0. The van der Waals surface area contributed by atoms with Crippen molar-refractivity contribution in [3.63, 3.8) is 0 Å². The lowest BCUT2D eigenvalue weighted by atomic mass is 10.2. The van der Waals surface area contributed by atoms with Gasteiger partial charge in [-0.2, -0.15) is 4.98 Å². The predicted octanol–water partition coefficient (Wildman–Crippen LogP) is 3.75. The summed E-state index contributed by atoms with van der Waals surface area (Å²) < 4.78 is 6.90. The second kappa shape index (κ2) is 8.35. The number of piperidine rings is 1. The molecule has 1 saturated carbocycles. The lowest BCUT2D eigenvalue weighted by Crippen LogP contribution is -2.23. The lowest BCUT2D eigenvalue weighted by molar-refractivity contribution is 0.363. The Labute approximate surface area is 189 Å². The number of hydrogen-bond acceptors (Lipinski definition) is 7. The Kier molecular flexibility index (Phi) is 5.38. The van der Waals surface area contributed by atoms with E-state index in [0.717, 1.165) is 29.6 Å². The van der Waals surface area contributed by atoms with E-state index in [0.29, 0.717) is 34.7 Å². The summed E-state index contributed by atoms with van der Waals surface area (Å²) >= 11 is 6.12. The molecule has 8 nitrogen and oxygen atoms in total. The highest BCUT2D eigenvalue weighted by Crippen LogP contribution is 2.57. The Morgan fingerprint density at radius 3 is 2.72 bits per heavy atom. The second-order valence-corrected chi connectivity index (χ2v) is 8.27. The van der Waals surface area contributed by atoms with Crippen LogP contribution in [0.4, 0.5) is 5.69 Å². The van der Waals surface area contributed by atoms with Crippen molar-refractivity contribution >= 4 is 28.3 Å². The van der Waals surface area contributed by atoms with Crippen LogP contribution in [-0.2, 0) is 6.54 Å². The summed E-state index contributed by atoms with van der Waals surface area (Å²) in [5.41, 5.74) is 1.41. The van der Waals surface area contributed by atoms with Crippen LogP contribution in [0, 0.1) is 11.8 Å². The topological polar surface area (TPSA) is 89.9 Å². The lowest BCUT2D eigenvalue weighted by Gasteiger charge is -2.21. The van der Waals surface area contributed by atoms with Crippen molar-refractivity contribution in [1.82, 2.24) is 24.7 Å². The number of anilines is 1. The zero-order valence-corrected chi connectivity index (χ0v) is 18.6. The molecule has 6 rings (SSSR count). The van der Waals surface area contributed by atoms with Crippen LogP contribution in [-0.4, -0.2) is 37.8 Å². The fraction of sp³-hybridized carbons (Fsp3) is 0.348. The molecule has 32 heavy (non-hydrogen) atoms. The number of aromatic nitrogens is 5. The van der Waals surface area contributed by atoms with Gasteiger partial charge in [-0.1, -0.05) is 36.7 Å². The van der Waals surface area contributed by atoms with Crippen molar-refractivity contribution in [2.45, 2.75) is 26.3 Å². The second-order valence-electron chi connectivity index (χ2n) is 7.84. The minimum atomic E-state index is -0.173. The average molecular weight is 451 g/mol. The van der Waals surface area contributed by atoms with Gasteiger partial charge in [0.2, 0.25) is 5.89 Å². The van der Waals surface area contributed by atoms with Crippen LogP contribution in [0.1, 0.15) is 31.5 Å². The zero-order valence-electron chi connectivity index (χ0n) is 17.8. The van der Waals surface area contributed by atoms with Gasteiger partial charge in [0.1, 0.15) is 12.9 Å². The van der Waals surface area contributed by atoms with Crippen molar-refractivity contribution in [1.29, 1.82) is 0 Å². The molecule has 0 bridgehead atoms. The summed E-state index contributed by atoms with van der Waals surface area (Å²) in [6, 6.07) is 11.4. The molecule has 164 valence electrons. The van der Waals surface area contributed by atoms with Crippen LogP contribution in [0.15, 0.2) is 58.2 Å². The van der Waals surface area contributed by atoms with E-state index < -0.39 is 0 Å².